The second-order valence-electron chi connectivity index (χ2n) is 3.90. The van der Waals surface area contributed by atoms with Crippen LogP contribution in [-0.4, -0.2) is 14.5 Å². The maximum Gasteiger partial charge on any atom is 0.105 e. The summed E-state index contributed by atoms with van der Waals surface area (Å²) in [4.78, 5) is 0. The first-order chi connectivity index (χ1) is 3.98. The third kappa shape index (κ3) is 4.50. The fraction of sp³-hybridized carbons (Fsp3) is 1.00. The van der Waals surface area contributed by atoms with Crippen molar-refractivity contribution in [1.29, 1.82) is 0 Å². The molecule has 54 valence electrons. The lowest BCUT2D eigenvalue weighted by Crippen LogP contribution is -2.15. The standard InChI is InChI=1S/C7H16BF/c1-6(8)4-7(2,3)5-9/h6H,4-5,8H2,1-3H3. The first-order valence-electron chi connectivity index (χ1n) is 3.54. The van der Waals surface area contributed by atoms with E-state index in [2.05, 4.69) is 14.8 Å². The summed E-state index contributed by atoms with van der Waals surface area (Å²) in [6.07, 6.45) is 0.976. The molecule has 0 heterocycles. The molecule has 0 aromatic heterocycles. The Balaban J connectivity index is 3.58. The lowest BCUT2D eigenvalue weighted by molar-refractivity contribution is 0.238. The quantitative estimate of drug-likeness (QED) is 0.511. The minimum Gasteiger partial charge on any atom is -0.251 e. The van der Waals surface area contributed by atoms with Gasteiger partial charge in [-0.05, 0) is 5.41 Å². The molecule has 0 saturated heterocycles. The van der Waals surface area contributed by atoms with Gasteiger partial charge in [-0.1, -0.05) is 33.0 Å². The van der Waals surface area contributed by atoms with E-state index in [9.17, 15) is 4.39 Å². The highest BCUT2D eigenvalue weighted by Crippen LogP contribution is 2.26. The van der Waals surface area contributed by atoms with Crippen molar-refractivity contribution in [1.82, 2.24) is 0 Å². The first-order valence-corrected chi connectivity index (χ1v) is 3.54. The van der Waals surface area contributed by atoms with Crippen LogP contribution in [0.5, 0.6) is 0 Å². The van der Waals surface area contributed by atoms with E-state index in [-0.39, 0.29) is 12.1 Å². The van der Waals surface area contributed by atoms with Gasteiger partial charge in [0.25, 0.3) is 0 Å². The molecule has 0 aliphatic rings. The highest BCUT2D eigenvalue weighted by molar-refractivity contribution is 6.11. The summed E-state index contributed by atoms with van der Waals surface area (Å²) in [5.74, 6) is 0.607. The molecule has 0 aromatic rings. The smallest absolute Gasteiger partial charge is 0.105 e. The van der Waals surface area contributed by atoms with Crippen molar-refractivity contribution < 1.29 is 4.39 Å². The van der Waals surface area contributed by atoms with Crippen LogP contribution in [0.15, 0.2) is 0 Å². The number of rotatable bonds is 3. The molecule has 0 nitrogen and oxygen atoms in total. The van der Waals surface area contributed by atoms with Crippen molar-refractivity contribution in [3.8, 4) is 0 Å². The summed E-state index contributed by atoms with van der Waals surface area (Å²) in [5.41, 5.74) is -0.103. The van der Waals surface area contributed by atoms with Crippen LogP contribution in [0.25, 0.3) is 0 Å². The lowest BCUT2D eigenvalue weighted by atomic mass is 9.76. The highest BCUT2D eigenvalue weighted by atomic mass is 19.1. The van der Waals surface area contributed by atoms with Crippen LogP contribution in [0.3, 0.4) is 0 Å². The van der Waals surface area contributed by atoms with Crippen LogP contribution in [-0.2, 0) is 0 Å². The average molecular weight is 130 g/mol. The molecule has 0 fully saturated rings. The van der Waals surface area contributed by atoms with Gasteiger partial charge in [0.15, 0.2) is 0 Å². The van der Waals surface area contributed by atoms with E-state index in [1.807, 2.05) is 13.8 Å². The third-order valence-corrected chi connectivity index (χ3v) is 1.32. The number of halogens is 1. The van der Waals surface area contributed by atoms with E-state index >= 15 is 0 Å². The Labute approximate surface area is 58.2 Å². The second kappa shape index (κ2) is 3.24. The van der Waals surface area contributed by atoms with Crippen molar-refractivity contribution in [3.63, 3.8) is 0 Å². The zero-order valence-corrected chi connectivity index (χ0v) is 6.87. The van der Waals surface area contributed by atoms with Gasteiger partial charge in [-0.25, -0.2) is 0 Å². The lowest BCUT2D eigenvalue weighted by Gasteiger charge is -2.22. The van der Waals surface area contributed by atoms with Crippen molar-refractivity contribution in [2.24, 2.45) is 5.41 Å². The van der Waals surface area contributed by atoms with Crippen molar-refractivity contribution in [2.75, 3.05) is 6.67 Å². The minimum absolute atomic E-state index is 0.103. The molecule has 0 aliphatic heterocycles. The van der Waals surface area contributed by atoms with Crippen LogP contribution >= 0.6 is 0 Å². The average Bonchev–Trinajstić information content (AvgIpc) is 1.63. The molecule has 0 amide bonds. The van der Waals surface area contributed by atoms with Gasteiger partial charge >= 0.3 is 0 Å². The molecule has 0 radical (unpaired) electrons. The fourth-order valence-corrected chi connectivity index (χ4v) is 1.16. The van der Waals surface area contributed by atoms with Crippen molar-refractivity contribution in [3.05, 3.63) is 0 Å². The maximum atomic E-state index is 12.1. The molecule has 0 rings (SSSR count). The molecule has 0 aromatic carbocycles. The normalized spacial score (nSPS) is 15.6. The molecule has 0 N–H and O–H groups in total. The van der Waals surface area contributed by atoms with Gasteiger partial charge in [-0.2, -0.15) is 0 Å². The third-order valence-electron chi connectivity index (χ3n) is 1.32. The molecule has 9 heavy (non-hydrogen) atoms. The summed E-state index contributed by atoms with van der Waals surface area (Å²) in [6.45, 7) is 5.85. The second-order valence-corrected chi connectivity index (χ2v) is 3.90. The SMILES string of the molecule is BC(C)CC(C)(C)CF. The molecular formula is C7H16BF. The summed E-state index contributed by atoms with van der Waals surface area (Å²) in [5, 5.41) is 0. The van der Waals surface area contributed by atoms with Gasteiger partial charge in [-0.15, -0.1) is 0 Å². The van der Waals surface area contributed by atoms with E-state index < -0.39 is 0 Å². The van der Waals surface area contributed by atoms with Gasteiger partial charge < -0.3 is 0 Å². The predicted octanol–water partition coefficient (Wildman–Crippen LogP) is 1.81. The zero-order valence-electron chi connectivity index (χ0n) is 6.87. The molecule has 0 spiro atoms. The molecular weight excluding hydrogens is 114 g/mol. The largest absolute Gasteiger partial charge is 0.251 e. The molecule has 0 saturated carbocycles. The van der Waals surface area contributed by atoms with E-state index in [1.54, 1.807) is 0 Å². The van der Waals surface area contributed by atoms with Crippen LogP contribution in [0.4, 0.5) is 4.39 Å². The van der Waals surface area contributed by atoms with Gasteiger partial charge in [0.05, 0.1) is 6.67 Å². The van der Waals surface area contributed by atoms with E-state index in [4.69, 9.17) is 0 Å². The maximum absolute atomic E-state index is 12.1. The predicted molar refractivity (Wildman–Crippen MR) is 42.3 cm³/mol. The van der Waals surface area contributed by atoms with Crippen LogP contribution < -0.4 is 0 Å². The van der Waals surface area contributed by atoms with Gasteiger partial charge in [0.2, 0.25) is 0 Å². The number of hydrogen-bond acceptors (Lipinski definition) is 0. The molecule has 1 atom stereocenters. The summed E-state index contributed by atoms with van der Waals surface area (Å²) in [7, 11) is 2.12. The van der Waals surface area contributed by atoms with Gasteiger partial charge in [-0.3, -0.25) is 4.39 Å². The summed E-state index contributed by atoms with van der Waals surface area (Å²) in [6, 6.07) is 0. The van der Waals surface area contributed by atoms with Gasteiger partial charge in [0, 0.05) is 0 Å². The summed E-state index contributed by atoms with van der Waals surface area (Å²) >= 11 is 0. The Kier molecular flexibility index (Phi) is 3.23. The number of hydrogen-bond donors (Lipinski definition) is 0. The zero-order chi connectivity index (χ0) is 7.49. The monoisotopic (exact) mass is 130 g/mol. The van der Waals surface area contributed by atoms with Crippen molar-refractivity contribution >= 4 is 7.85 Å². The van der Waals surface area contributed by atoms with E-state index in [0.29, 0.717) is 5.82 Å². The minimum atomic E-state index is -0.203. The van der Waals surface area contributed by atoms with Crippen LogP contribution in [0.1, 0.15) is 27.2 Å². The van der Waals surface area contributed by atoms with Crippen LogP contribution in [0, 0.1) is 5.41 Å². The van der Waals surface area contributed by atoms with Crippen molar-refractivity contribution in [2.45, 2.75) is 33.0 Å². The Morgan fingerprint density at radius 3 is 2.11 bits per heavy atom. The van der Waals surface area contributed by atoms with Gasteiger partial charge in [0.1, 0.15) is 7.85 Å². The Morgan fingerprint density at radius 2 is 2.00 bits per heavy atom. The molecule has 0 aliphatic carbocycles. The highest BCUT2D eigenvalue weighted by Gasteiger charge is 2.18. The molecule has 1 unspecified atom stereocenters. The summed E-state index contributed by atoms with van der Waals surface area (Å²) < 4.78 is 12.1. The van der Waals surface area contributed by atoms with E-state index in [0.717, 1.165) is 6.42 Å². The number of alkyl halides is 1. The topological polar surface area (TPSA) is 0 Å². The Morgan fingerprint density at radius 1 is 1.56 bits per heavy atom. The fourth-order valence-electron chi connectivity index (χ4n) is 1.16. The molecule has 2 heteroatoms. The first kappa shape index (κ1) is 8.99. The van der Waals surface area contributed by atoms with E-state index in [1.165, 1.54) is 0 Å². The Hall–Kier alpha value is -0.00506. The Bertz CT molecular complexity index is 79.0. The van der Waals surface area contributed by atoms with Crippen LogP contribution in [0.2, 0.25) is 5.82 Å². The molecule has 0 bridgehead atoms.